The summed E-state index contributed by atoms with van der Waals surface area (Å²) in [5.41, 5.74) is -1.21. The lowest BCUT2D eigenvalue weighted by Gasteiger charge is -2.21. The number of hydrogen-bond donors (Lipinski definition) is 2. The van der Waals surface area contributed by atoms with Crippen molar-refractivity contribution in [3.05, 3.63) is 11.8 Å². The Balaban J connectivity index is 2.60. The van der Waals surface area contributed by atoms with Crippen LogP contribution in [0.5, 0.6) is 0 Å². The van der Waals surface area contributed by atoms with E-state index in [0.29, 0.717) is 24.7 Å². The zero-order valence-electron chi connectivity index (χ0n) is 11.6. The van der Waals surface area contributed by atoms with Gasteiger partial charge < -0.3 is 19.9 Å². The first kappa shape index (κ1) is 15.2. The number of nitrogens with one attached hydrogen (secondary N) is 2. The van der Waals surface area contributed by atoms with E-state index >= 15 is 0 Å². The molecule has 19 heavy (non-hydrogen) atoms. The van der Waals surface area contributed by atoms with Crippen LogP contribution in [0.1, 0.15) is 19.6 Å². The number of methoxy groups -OCH3 is 1. The fraction of sp³-hybridized carbons (Fsp3) is 0.583. The zero-order valence-corrected chi connectivity index (χ0v) is 11.6. The molecule has 0 spiro atoms. The van der Waals surface area contributed by atoms with Crippen molar-refractivity contribution in [3.63, 3.8) is 0 Å². The second-order valence-electron chi connectivity index (χ2n) is 4.65. The number of anilines is 1. The molecule has 0 bridgehead atoms. The van der Waals surface area contributed by atoms with E-state index in [1.807, 2.05) is 0 Å². The maximum Gasteiger partial charge on any atom is 0.240 e. The molecule has 0 fully saturated rings. The van der Waals surface area contributed by atoms with Gasteiger partial charge in [-0.2, -0.15) is 0 Å². The second kappa shape index (κ2) is 6.33. The zero-order chi connectivity index (χ0) is 14.5. The topological polar surface area (TPSA) is 93.5 Å². The Morgan fingerprint density at radius 3 is 2.63 bits per heavy atom. The molecule has 7 heteroatoms. The highest BCUT2D eigenvalue weighted by Gasteiger charge is 2.36. The van der Waals surface area contributed by atoms with E-state index in [-0.39, 0.29) is 5.91 Å². The third kappa shape index (κ3) is 4.06. The summed E-state index contributed by atoms with van der Waals surface area (Å²) in [5, 5.41) is 8.81. The smallest absolute Gasteiger partial charge is 0.240 e. The van der Waals surface area contributed by atoms with Crippen molar-refractivity contribution >= 4 is 17.6 Å². The van der Waals surface area contributed by atoms with Gasteiger partial charge in [0, 0.05) is 19.7 Å². The highest BCUT2D eigenvalue weighted by molar-refractivity contribution is 6.09. The summed E-state index contributed by atoms with van der Waals surface area (Å²) in [4.78, 5) is 23.9. The van der Waals surface area contributed by atoms with E-state index in [0.717, 1.165) is 0 Å². The van der Waals surface area contributed by atoms with Gasteiger partial charge in [-0.05, 0) is 20.8 Å². The van der Waals surface area contributed by atoms with Gasteiger partial charge in [0.05, 0.1) is 6.61 Å². The Kier molecular flexibility index (Phi) is 5.05. The molecule has 0 aliphatic carbocycles. The molecule has 1 aromatic heterocycles. The van der Waals surface area contributed by atoms with Crippen molar-refractivity contribution in [1.82, 2.24) is 10.5 Å². The molecule has 106 valence electrons. The van der Waals surface area contributed by atoms with Crippen molar-refractivity contribution in [2.24, 2.45) is 5.41 Å². The highest BCUT2D eigenvalue weighted by atomic mass is 16.5. The fourth-order valence-corrected chi connectivity index (χ4v) is 1.29. The Bertz CT molecular complexity index is 454. The van der Waals surface area contributed by atoms with Crippen LogP contribution < -0.4 is 10.6 Å². The minimum atomic E-state index is -1.21. The van der Waals surface area contributed by atoms with Crippen LogP contribution in [0.15, 0.2) is 10.6 Å². The van der Waals surface area contributed by atoms with E-state index in [1.54, 1.807) is 13.0 Å². The third-order valence-corrected chi connectivity index (χ3v) is 2.60. The molecular weight excluding hydrogens is 250 g/mol. The Morgan fingerprint density at radius 2 is 2.11 bits per heavy atom. The predicted molar refractivity (Wildman–Crippen MR) is 68.5 cm³/mol. The summed E-state index contributed by atoms with van der Waals surface area (Å²) < 4.78 is 9.66. The molecule has 1 heterocycles. The van der Waals surface area contributed by atoms with Crippen LogP contribution in [0.4, 0.5) is 5.82 Å². The standard InChI is InChI=1S/C12H19N3O4/c1-8-7-9(15-19-8)14-11(17)12(2,3)10(16)13-5-6-18-4/h7H,5-6H2,1-4H3,(H,13,16)(H,14,15,17). The van der Waals surface area contributed by atoms with Gasteiger partial charge in [0.2, 0.25) is 11.8 Å². The van der Waals surface area contributed by atoms with Gasteiger partial charge in [0.15, 0.2) is 5.82 Å². The van der Waals surface area contributed by atoms with Gasteiger partial charge in [0.1, 0.15) is 11.2 Å². The summed E-state index contributed by atoms with van der Waals surface area (Å²) in [6, 6.07) is 1.58. The number of nitrogens with zero attached hydrogens (tertiary/aromatic N) is 1. The maximum atomic E-state index is 12.0. The quantitative estimate of drug-likeness (QED) is 0.586. The van der Waals surface area contributed by atoms with Crippen molar-refractivity contribution in [2.75, 3.05) is 25.6 Å². The van der Waals surface area contributed by atoms with Crippen LogP contribution in [-0.2, 0) is 14.3 Å². The van der Waals surface area contributed by atoms with Crippen molar-refractivity contribution in [2.45, 2.75) is 20.8 Å². The fourth-order valence-electron chi connectivity index (χ4n) is 1.29. The maximum absolute atomic E-state index is 12.0. The predicted octanol–water partition coefficient (Wildman–Crippen LogP) is 0.710. The van der Waals surface area contributed by atoms with E-state index in [9.17, 15) is 9.59 Å². The molecule has 0 radical (unpaired) electrons. The van der Waals surface area contributed by atoms with Crippen LogP contribution in [0.25, 0.3) is 0 Å². The monoisotopic (exact) mass is 269 g/mol. The Labute approximate surface area is 111 Å². The molecule has 7 nitrogen and oxygen atoms in total. The summed E-state index contributed by atoms with van der Waals surface area (Å²) in [5.74, 6) is 0.0518. The molecule has 1 rings (SSSR count). The number of rotatable bonds is 6. The van der Waals surface area contributed by atoms with Gasteiger partial charge >= 0.3 is 0 Å². The van der Waals surface area contributed by atoms with E-state index in [2.05, 4.69) is 15.8 Å². The molecule has 0 atom stereocenters. The molecule has 0 aliphatic rings. The van der Waals surface area contributed by atoms with Crippen molar-refractivity contribution in [1.29, 1.82) is 0 Å². The summed E-state index contributed by atoms with van der Waals surface area (Å²) >= 11 is 0. The van der Waals surface area contributed by atoms with Crippen LogP contribution >= 0.6 is 0 Å². The number of aryl methyl sites for hydroxylation is 1. The SMILES string of the molecule is COCCNC(=O)C(C)(C)C(=O)Nc1cc(C)on1. The number of carbonyl (C=O) groups is 2. The molecule has 0 unspecified atom stereocenters. The minimum Gasteiger partial charge on any atom is -0.383 e. The molecule has 0 aromatic carbocycles. The number of carbonyl (C=O) groups excluding carboxylic acids is 2. The summed E-state index contributed by atoms with van der Waals surface area (Å²) in [6.45, 7) is 5.54. The summed E-state index contributed by atoms with van der Waals surface area (Å²) in [6.07, 6.45) is 0. The normalized spacial score (nSPS) is 11.2. The number of hydrogen-bond acceptors (Lipinski definition) is 5. The first-order chi connectivity index (χ1) is 8.87. The van der Waals surface area contributed by atoms with Gasteiger partial charge in [-0.1, -0.05) is 5.16 Å². The van der Waals surface area contributed by atoms with Gasteiger partial charge in [-0.25, -0.2) is 0 Å². The minimum absolute atomic E-state index is 0.292. The first-order valence-corrected chi connectivity index (χ1v) is 5.90. The van der Waals surface area contributed by atoms with Crippen molar-refractivity contribution in [3.8, 4) is 0 Å². The molecule has 0 saturated carbocycles. The average molecular weight is 269 g/mol. The van der Waals surface area contributed by atoms with E-state index < -0.39 is 11.3 Å². The van der Waals surface area contributed by atoms with Gasteiger partial charge in [-0.3, -0.25) is 9.59 Å². The lowest BCUT2D eigenvalue weighted by molar-refractivity contribution is -0.138. The average Bonchev–Trinajstić information content (AvgIpc) is 2.74. The Morgan fingerprint density at radius 1 is 1.42 bits per heavy atom. The molecule has 2 amide bonds. The first-order valence-electron chi connectivity index (χ1n) is 5.90. The van der Waals surface area contributed by atoms with Gasteiger partial charge in [0.25, 0.3) is 0 Å². The van der Waals surface area contributed by atoms with Crippen LogP contribution in [0, 0.1) is 12.3 Å². The lowest BCUT2D eigenvalue weighted by atomic mass is 9.91. The van der Waals surface area contributed by atoms with Gasteiger partial charge in [-0.15, -0.1) is 0 Å². The summed E-state index contributed by atoms with van der Waals surface area (Å²) in [7, 11) is 1.54. The number of ether oxygens (including phenoxy) is 1. The van der Waals surface area contributed by atoms with Crippen molar-refractivity contribution < 1.29 is 18.8 Å². The van der Waals surface area contributed by atoms with Crippen LogP contribution in [0.2, 0.25) is 0 Å². The lowest BCUT2D eigenvalue weighted by Crippen LogP contribution is -2.46. The highest BCUT2D eigenvalue weighted by Crippen LogP contribution is 2.18. The molecule has 2 N–H and O–H groups in total. The van der Waals surface area contributed by atoms with E-state index in [4.69, 9.17) is 9.26 Å². The number of amides is 2. The number of aromatic nitrogens is 1. The molecule has 0 aliphatic heterocycles. The molecular formula is C12H19N3O4. The molecule has 0 saturated heterocycles. The third-order valence-electron chi connectivity index (χ3n) is 2.60. The van der Waals surface area contributed by atoms with Crippen LogP contribution in [0.3, 0.4) is 0 Å². The van der Waals surface area contributed by atoms with E-state index in [1.165, 1.54) is 21.0 Å². The largest absolute Gasteiger partial charge is 0.383 e. The Hall–Kier alpha value is -1.89. The second-order valence-corrected chi connectivity index (χ2v) is 4.65. The van der Waals surface area contributed by atoms with Crippen LogP contribution in [-0.4, -0.2) is 37.2 Å². The molecule has 1 aromatic rings.